The van der Waals surface area contributed by atoms with Crippen molar-refractivity contribution in [3.63, 3.8) is 0 Å². The van der Waals surface area contributed by atoms with E-state index < -0.39 is 4.92 Å². The van der Waals surface area contributed by atoms with Gasteiger partial charge >= 0.3 is 0 Å². The fraction of sp³-hybridized carbons (Fsp3) is 0.263. The van der Waals surface area contributed by atoms with Gasteiger partial charge in [0.25, 0.3) is 11.6 Å². The SMILES string of the molecule is N#Cc1ccc(N2CCN(C(=O)COc3ccc(Br)cc3)CC2)c([N+](=O)[O-])c1. The van der Waals surface area contributed by atoms with Gasteiger partial charge in [0, 0.05) is 36.7 Å². The molecule has 1 saturated heterocycles. The Bertz CT molecular complexity index is 919. The van der Waals surface area contributed by atoms with Crippen LogP contribution in [0.1, 0.15) is 5.56 Å². The summed E-state index contributed by atoms with van der Waals surface area (Å²) in [5.74, 6) is 0.486. The van der Waals surface area contributed by atoms with Crippen LogP contribution in [0.15, 0.2) is 46.9 Å². The van der Waals surface area contributed by atoms with E-state index >= 15 is 0 Å². The van der Waals surface area contributed by atoms with E-state index in [1.807, 2.05) is 23.1 Å². The first kappa shape index (κ1) is 19.6. The Labute approximate surface area is 170 Å². The molecule has 144 valence electrons. The fourth-order valence-corrected chi connectivity index (χ4v) is 3.23. The lowest BCUT2D eigenvalue weighted by Crippen LogP contribution is -2.50. The van der Waals surface area contributed by atoms with Crippen molar-refractivity contribution in [2.24, 2.45) is 0 Å². The summed E-state index contributed by atoms with van der Waals surface area (Å²) in [4.78, 5) is 26.8. The van der Waals surface area contributed by atoms with E-state index in [1.165, 1.54) is 6.07 Å². The van der Waals surface area contributed by atoms with E-state index in [0.717, 1.165) is 4.47 Å². The highest BCUT2D eigenvalue weighted by Gasteiger charge is 2.26. The Balaban J connectivity index is 1.58. The lowest BCUT2D eigenvalue weighted by Gasteiger charge is -2.35. The van der Waals surface area contributed by atoms with Crippen molar-refractivity contribution in [2.45, 2.75) is 0 Å². The second-order valence-electron chi connectivity index (χ2n) is 6.18. The zero-order valence-corrected chi connectivity index (χ0v) is 16.5. The Morgan fingerprint density at radius 1 is 1.18 bits per heavy atom. The lowest BCUT2D eigenvalue weighted by molar-refractivity contribution is -0.384. The summed E-state index contributed by atoms with van der Waals surface area (Å²) in [6.45, 7) is 1.77. The summed E-state index contributed by atoms with van der Waals surface area (Å²) in [5, 5.41) is 20.3. The topological polar surface area (TPSA) is 99.7 Å². The molecule has 1 heterocycles. The molecule has 1 amide bonds. The van der Waals surface area contributed by atoms with Gasteiger partial charge in [-0.05, 0) is 36.4 Å². The van der Waals surface area contributed by atoms with E-state index in [9.17, 15) is 14.9 Å². The number of carbonyl (C=O) groups is 1. The molecule has 1 fully saturated rings. The molecule has 1 aliphatic rings. The molecule has 0 saturated carbocycles. The Hall–Kier alpha value is -3.12. The highest BCUT2D eigenvalue weighted by molar-refractivity contribution is 9.10. The third kappa shape index (κ3) is 4.58. The standard InChI is InChI=1S/C19H17BrN4O4/c20-15-2-4-16(5-3-15)28-13-19(25)23-9-7-22(8-10-23)17-6-1-14(12-21)11-18(17)24(26)27/h1-6,11H,7-10,13H2. The van der Waals surface area contributed by atoms with Crippen LogP contribution in [0.4, 0.5) is 11.4 Å². The van der Waals surface area contributed by atoms with Crippen LogP contribution in [0, 0.1) is 21.4 Å². The maximum atomic E-state index is 12.4. The molecule has 0 aliphatic carbocycles. The van der Waals surface area contributed by atoms with Crippen LogP contribution in [-0.2, 0) is 4.79 Å². The third-order valence-electron chi connectivity index (χ3n) is 4.45. The van der Waals surface area contributed by atoms with E-state index in [4.69, 9.17) is 10.00 Å². The highest BCUT2D eigenvalue weighted by atomic mass is 79.9. The van der Waals surface area contributed by atoms with Gasteiger partial charge in [-0.25, -0.2) is 0 Å². The summed E-state index contributed by atoms with van der Waals surface area (Å²) < 4.78 is 6.45. The number of anilines is 1. The molecule has 0 aromatic heterocycles. The second kappa shape index (κ2) is 8.71. The van der Waals surface area contributed by atoms with Gasteiger partial charge in [0.1, 0.15) is 11.4 Å². The summed E-state index contributed by atoms with van der Waals surface area (Å²) in [7, 11) is 0. The van der Waals surface area contributed by atoms with Crippen molar-refractivity contribution in [1.82, 2.24) is 4.90 Å². The average Bonchev–Trinajstić information content (AvgIpc) is 2.72. The fourth-order valence-electron chi connectivity index (χ4n) is 2.97. The number of carbonyl (C=O) groups excluding carboxylic acids is 1. The molecule has 0 atom stereocenters. The Morgan fingerprint density at radius 3 is 2.46 bits per heavy atom. The smallest absolute Gasteiger partial charge is 0.293 e. The molecule has 1 aliphatic heterocycles. The van der Waals surface area contributed by atoms with Crippen molar-refractivity contribution in [3.8, 4) is 11.8 Å². The van der Waals surface area contributed by atoms with Gasteiger partial charge in [-0.15, -0.1) is 0 Å². The molecule has 0 radical (unpaired) electrons. The molecule has 0 unspecified atom stereocenters. The molecule has 0 N–H and O–H groups in total. The first-order valence-electron chi connectivity index (χ1n) is 8.57. The van der Waals surface area contributed by atoms with E-state index in [-0.39, 0.29) is 23.8 Å². The number of nitrogens with zero attached hydrogens (tertiary/aromatic N) is 4. The second-order valence-corrected chi connectivity index (χ2v) is 7.10. The molecule has 0 spiro atoms. The van der Waals surface area contributed by atoms with E-state index in [2.05, 4.69) is 15.9 Å². The predicted octanol–water partition coefficient (Wildman–Crippen LogP) is 2.96. The maximum Gasteiger partial charge on any atom is 0.293 e. The molecule has 2 aromatic rings. The number of benzene rings is 2. The summed E-state index contributed by atoms with van der Waals surface area (Å²) in [6, 6.07) is 13.6. The van der Waals surface area contributed by atoms with Crippen LogP contribution >= 0.6 is 15.9 Å². The van der Waals surface area contributed by atoms with Gasteiger partial charge in [0.2, 0.25) is 0 Å². The third-order valence-corrected chi connectivity index (χ3v) is 4.98. The molecule has 8 nitrogen and oxygen atoms in total. The van der Waals surface area contributed by atoms with E-state index in [1.54, 1.807) is 29.2 Å². The van der Waals surface area contributed by atoms with Gasteiger partial charge in [-0.2, -0.15) is 5.26 Å². The molecule has 9 heteroatoms. The lowest BCUT2D eigenvalue weighted by atomic mass is 10.1. The minimum Gasteiger partial charge on any atom is -0.484 e. The molecule has 0 bridgehead atoms. The number of hydrogen-bond donors (Lipinski definition) is 0. The first-order chi connectivity index (χ1) is 13.5. The van der Waals surface area contributed by atoms with Crippen molar-refractivity contribution in [1.29, 1.82) is 5.26 Å². The normalized spacial score (nSPS) is 13.7. The quantitative estimate of drug-likeness (QED) is 0.518. The van der Waals surface area contributed by atoms with Crippen LogP contribution in [-0.4, -0.2) is 48.5 Å². The summed E-state index contributed by atoms with van der Waals surface area (Å²) in [5.41, 5.74) is 0.606. The van der Waals surface area contributed by atoms with Crippen LogP contribution in [0.3, 0.4) is 0 Å². The number of nitro benzene ring substituents is 1. The number of halogens is 1. The average molecular weight is 445 g/mol. The number of nitro groups is 1. The molecule has 3 rings (SSSR count). The van der Waals surface area contributed by atoms with Gasteiger partial charge in [-0.1, -0.05) is 15.9 Å². The van der Waals surface area contributed by atoms with Gasteiger partial charge < -0.3 is 14.5 Å². The maximum absolute atomic E-state index is 12.4. The monoisotopic (exact) mass is 444 g/mol. The summed E-state index contributed by atoms with van der Waals surface area (Å²) in [6.07, 6.45) is 0. The zero-order valence-electron chi connectivity index (χ0n) is 14.9. The van der Waals surface area contributed by atoms with Crippen molar-refractivity contribution < 1.29 is 14.5 Å². The van der Waals surface area contributed by atoms with E-state index in [0.29, 0.717) is 37.6 Å². The van der Waals surface area contributed by atoms with Gasteiger partial charge in [0.15, 0.2) is 6.61 Å². The van der Waals surface area contributed by atoms with Crippen LogP contribution < -0.4 is 9.64 Å². The number of hydrogen-bond acceptors (Lipinski definition) is 6. The Morgan fingerprint density at radius 2 is 1.86 bits per heavy atom. The van der Waals surface area contributed by atoms with Crippen LogP contribution in [0.25, 0.3) is 0 Å². The minimum absolute atomic E-state index is 0.0569. The minimum atomic E-state index is -0.486. The molecule has 28 heavy (non-hydrogen) atoms. The number of nitriles is 1. The number of piperazine rings is 1. The van der Waals surface area contributed by atoms with Crippen molar-refractivity contribution in [2.75, 3.05) is 37.7 Å². The zero-order chi connectivity index (χ0) is 20.1. The van der Waals surface area contributed by atoms with Crippen molar-refractivity contribution in [3.05, 3.63) is 62.6 Å². The van der Waals surface area contributed by atoms with Crippen LogP contribution in [0.5, 0.6) is 5.75 Å². The van der Waals surface area contributed by atoms with Gasteiger partial charge in [-0.3, -0.25) is 14.9 Å². The largest absolute Gasteiger partial charge is 0.484 e. The highest BCUT2D eigenvalue weighted by Crippen LogP contribution is 2.30. The van der Waals surface area contributed by atoms with Crippen LogP contribution in [0.2, 0.25) is 0 Å². The molecule has 2 aromatic carbocycles. The molecular weight excluding hydrogens is 428 g/mol. The number of amides is 1. The first-order valence-corrected chi connectivity index (χ1v) is 9.37. The Kier molecular flexibility index (Phi) is 6.11. The molecular formula is C19H17BrN4O4. The van der Waals surface area contributed by atoms with Crippen molar-refractivity contribution >= 4 is 33.2 Å². The number of rotatable bonds is 5. The predicted molar refractivity (Wildman–Crippen MR) is 106 cm³/mol. The number of ether oxygens (including phenoxy) is 1. The van der Waals surface area contributed by atoms with Gasteiger partial charge in [0.05, 0.1) is 16.6 Å². The summed E-state index contributed by atoms with van der Waals surface area (Å²) >= 11 is 3.34.